The topological polar surface area (TPSA) is 30.2 Å². The first kappa shape index (κ1) is 18.7. The Balaban J connectivity index is 1.94. The van der Waals surface area contributed by atoms with Crippen molar-refractivity contribution in [1.29, 1.82) is 0 Å². The summed E-state index contributed by atoms with van der Waals surface area (Å²) in [5.41, 5.74) is 0.622. The summed E-state index contributed by atoms with van der Waals surface area (Å²) in [7, 11) is 1.90. The summed E-state index contributed by atoms with van der Waals surface area (Å²) in [6, 6.07) is 3.65. The number of hydrogen-bond acceptors (Lipinski definition) is 2. The van der Waals surface area contributed by atoms with E-state index < -0.39 is 0 Å². The van der Waals surface area contributed by atoms with Crippen LogP contribution in [0.15, 0.2) is 24.5 Å². The molecule has 0 aliphatic carbocycles. The Morgan fingerprint density at radius 2 is 1.59 bits per heavy atom. The quantitative estimate of drug-likeness (QED) is 0.321. The van der Waals surface area contributed by atoms with Gasteiger partial charge in [0, 0.05) is 6.07 Å². The number of aryl methyl sites for hydroxylation is 1. The van der Waals surface area contributed by atoms with E-state index in [4.69, 9.17) is 4.74 Å². The Morgan fingerprint density at radius 3 is 2.18 bits per heavy atom. The van der Waals surface area contributed by atoms with Crippen molar-refractivity contribution in [2.45, 2.75) is 71.1 Å². The summed E-state index contributed by atoms with van der Waals surface area (Å²) in [5, 5.41) is 0. The van der Waals surface area contributed by atoms with E-state index in [-0.39, 0.29) is 5.97 Å². The van der Waals surface area contributed by atoms with Crippen LogP contribution in [0, 0.1) is 0 Å². The van der Waals surface area contributed by atoms with Crippen molar-refractivity contribution in [2.24, 2.45) is 7.05 Å². The van der Waals surface area contributed by atoms with Crippen molar-refractivity contribution in [3.05, 3.63) is 30.1 Å². The van der Waals surface area contributed by atoms with Gasteiger partial charge in [0.2, 0.25) is 0 Å². The summed E-state index contributed by atoms with van der Waals surface area (Å²) >= 11 is 0. The summed E-state index contributed by atoms with van der Waals surface area (Å²) in [5.74, 6) is -0.216. The number of rotatable bonds is 12. The average Bonchev–Trinajstić information content (AvgIpc) is 2.52. The van der Waals surface area contributed by atoms with E-state index in [0.717, 1.165) is 12.8 Å². The van der Waals surface area contributed by atoms with E-state index in [9.17, 15) is 4.79 Å². The molecule has 1 heterocycles. The highest BCUT2D eigenvalue weighted by atomic mass is 16.5. The van der Waals surface area contributed by atoms with Gasteiger partial charge in [-0.05, 0) is 12.5 Å². The lowest BCUT2D eigenvalue weighted by Gasteiger charge is -2.04. The second kappa shape index (κ2) is 12.2. The number of nitrogens with zero attached hydrogens (tertiary/aromatic N) is 1. The molecule has 1 aromatic heterocycles. The minimum atomic E-state index is -0.216. The van der Waals surface area contributed by atoms with Crippen LogP contribution in [0.2, 0.25) is 0 Å². The predicted molar refractivity (Wildman–Crippen MR) is 89.7 cm³/mol. The maximum Gasteiger partial charge on any atom is 0.344 e. The molecule has 1 rings (SSSR count). The van der Waals surface area contributed by atoms with Crippen molar-refractivity contribution < 1.29 is 14.1 Å². The third kappa shape index (κ3) is 8.81. The maximum absolute atomic E-state index is 11.8. The Bertz CT molecular complexity index is 418. The van der Waals surface area contributed by atoms with Gasteiger partial charge in [-0.1, -0.05) is 64.7 Å². The van der Waals surface area contributed by atoms with Gasteiger partial charge in [-0.2, -0.15) is 0 Å². The fourth-order valence-corrected chi connectivity index (χ4v) is 2.55. The van der Waals surface area contributed by atoms with Crippen molar-refractivity contribution in [2.75, 3.05) is 6.61 Å². The number of esters is 1. The first-order valence-electron chi connectivity index (χ1n) is 8.86. The van der Waals surface area contributed by atoms with Crippen molar-refractivity contribution in [3.63, 3.8) is 0 Å². The molecule has 0 atom stereocenters. The van der Waals surface area contributed by atoms with Crippen LogP contribution in [0.1, 0.15) is 81.5 Å². The zero-order valence-corrected chi connectivity index (χ0v) is 14.4. The first-order chi connectivity index (χ1) is 10.7. The highest BCUT2D eigenvalue weighted by molar-refractivity contribution is 5.88. The molecular weight excluding hydrogens is 274 g/mol. The third-order valence-electron chi connectivity index (χ3n) is 3.91. The standard InChI is InChI=1S/C19H32NO2/c1-3-4-5-6-7-8-9-10-11-12-16-22-19(21)18-14-13-15-20(2)17-18/h13-15,17H,3-12,16H2,1-2H3/q+1. The number of pyridine rings is 1. The van der Waals surface area contributed by atoms with Gasteiger partial charge in [0.15, 0.2) is 12.4 Å². The van der Waals surface area contributed by atoms with E-state index in [1.807, 2.05) is 23.9 Å². The number of unbranched alkanes of at least 4 members (excludes halogenated alkanes) is 9. The summed E-state index contributed by atoms with van der Waals surface area (Å²) in [6.45, 7) is 2.79. The second-order valence-electron chi connectivity index (χ2n) is 6.08. The molecule has 3 heteroatoms. The molecule has 0 fully saturated rings. The zero-order chi connectivity index (χ0) is 16.0. The van der Waals surface area contributed by atoms with Gasteiger partial charge in [0.25, 0.3) is 0 Å². The average molecular weight is 306 g/mol. The SMILES string of the molecule is CCCCCCCCCCCCOC(=O)c1ccc[n+](C)c1. The second-order valence-corrected chi connectivity index (χ2v) is 6.08. The van der Waals surface area contributed by atoms with Gasteiger partial charge in [-0.15, -0.1) is 0 Å². The molecule has 22 heavy (non-hydrogen) atoms. The molecule has 0 amide bonds. The molecule has 0 aliphatic heterocycles. The van der Waals surface area contributed by atoms with Crippen molar-refractivity contribution >= 4 is 5.97 Å². The molecule has 1 aromatic rings. The predicted octanol–water partition coefficient (Wildman–Crippen LogP) is 4.59. The molecule has 0 radical (unpaired) electrons. The van der Waals surface area contributed by atoms with Crippen LogP contribution >= 0.6 is 0 Å². The van der Waals surface area contributed by atoms with Crippen LogP contribution in [0.25, 0.3) is 0 Å². The van der Waals surface area contributed by atoms with Crippen LogP contribution in [0.5, 0.6) is 0 Å². The molecule has 0 N–H and O–H groups in total. The Kier molecular flexibility index (Phi) is 10.3. The molecule has 0 spiro atoms. The first-order valence-corrected chi connectivity index (χ1v) is 8.86. The van der Waals surface area contributed by atoms with Gasteiger partial charge in [0.05, 0.1) is 6.61 Å². The van der Waals surface area contributed by atoms with E-state index >= 15 is 0 Å². The Hall–Kier alpha value is -1.38. The van der Waals surface area contributed by atoms with Gasteiger partial charge < -0.3 is 4.74 Å². The Labute approximate surface area is 135 Å². The van der Waals surface area contributed by atoms with Crippen molar-refractivity contribution in [3.8, 4) is 0 Å². The van der Waals surface area contributed by atoms with Crippen LogP contribution in [0.3, 0.4) is 0 Å². The number of ether oxygens (including phenoxy) is 1. The molecule has 0 saturated heterocycles. The lowest BCUT2D eigenvalue weighted by Crippen LogP contribution is -2.28. The minimum Gasteiger partial charge on any atom is -0.462 e. The van der Waals surface area contributed by atoms with Gasteiger partial charge in [-0.3, -0.25) is 0 Å². The molecule has 0 bridgehead atoms. The van der Waals surface area contributed by atoms with E-state index in [1.54, 1.807) is 12.3 Å². The van der Waals surface area contributed by atoms with Crippen LogP contribution in [-0.2, 0) is 11.8 Å². The molecule has 0 unspecified atom stereocenters. The van der Waals surface area contributed by atoms with Gasteiger partial charge >= 0.3 is 5.97 Å². The van der Waals surface area contributed by atoms with Gasteiger partial charge in [0.1, 0.15) is 12.6 Å². The number of carbonyl (C=O) groups excluding carboxylic acids is 1. The number of aromatic nitrogens is 1. The summed E-state index contributed by atoms with van der Waals surface area (Å²) in [4.78, 5) is 11.8. The fourth-order valence-electron chi connectivity index (χ4n) is 2.55. The lowest BCUT2D eigenvalue weighted by molar-refractivity contribution is -0.671. The van der Waals surface area contributed by atoms with E-state index in [1.165, 1.54) is 51.4 Å². The molecular formula is C19H32NO2+. The highest BCUT2D eigenvalue weighted by Gasteiger charge is 2.09. The molecule has 0 aromatic carbocycles. The smallest absolute Gasteiger partial charge is 0.344 e. The fraction of sp³-hybridized carbons (Fsp3) is 0.684. The normalized spacial score (nSPS) is 10.6. The summed E-state index contributed by atoms with van der Waals surface area (Å²) < 4.78 is 7.16. The zero-order valence-electron chi connectivity index (χ0n) is 14.4. The lowest BCUT2D eigenvalue weighted by atomic mass is 10.1. The number of hydrogen-bond donors (Lipinski definition) is 0. The Morgan fingerprint density at radius 1 is 1.00 bits per heavy atom. The largest absolute Gasteiger partial charge is 0.462 e. The number of carbonyl (C=O) groups is 1. The summed E-state index contributed by atoms with van der Waals surface area (Å²) in [6.07, 6.45) is 16.6. The monoisotopic (exact) mass is 306 g/mol. The molecule has 3 nitrogen and oxygen atoms in total. The van der Waals surface area contributed by atoms with Crippen LogP contribution in [0.4, 0.5) is 0 Å². The van der Waals surface area contributed by atoms with E-state index in [0.29, 0.717) is 12.2 Å². The van der Waals surface area contributed by atoms with Crippen LogP contribution in [-0.4, -0.2) is 12.6 Å². The van der Waals surface area contributed by atoms with Crippen LogP contribution < -0.4 is 4.57 Å². The highest BCUT2D eigenvalue weighted by Crippen LogP contribution is 2.10. The molecule has 0 aliphatic rings. The van der Waals surface area contributed by atoms with E-state index in [2.05, 4.69) is 6.92 Å². The molecule has 124 valence electrons. The van der Waals surface area contributed by atoms with Crippen molar-refractivity contribution in [1.82, 2.24) is 0 Å². The molecule has 0 saturated carbocycles. The third-order valence-corrected chi connectivity index (χ3v) is 3.91. The maximum atomic E-state index is 11.8. The van der Waals surface area contributed by atoms with Gasteiger partial charge in [-0.25, -0.2) is 9.36 Å². The minimum absolute atomic E-state index is 0.216.